The van der Waals surface area contributed by atoms with E-state index in [1.807, 2.05) is 30.3 Å². The Balaban J connectivity index is 1.53. The van der Waals surface area contributed by atoms with Crippen molar-refractivity contribution in [2.45, 2.75) is 0 Å². The Morgan fingerprint density at radius 1 is 0.839 bits per heavy atom. The summed E-state index contributed by atoms with van der Waals surface area (Å²) in [5, 5.41) is 6.20. The van der Waals surface area contributed by atoms with E-state index in [1.165, 1.54) is 24.4 Å². The molecule has 7 heteroatoms. The normalized spacial score (nSPS) is 10.9. The van der Waals surface area contributed by atoms with E-state index in [9.17, 15) is 14.0 Å². The van der Waals surface area contributed by atoms with Gasteiger partial charge in [0.2, 0.25) is 5.91 Å². The molecule has 0 atom stereocenters. The number of benzene rings is 2. The van der Waals surface area contributed by atoms with Crippen molar-refractivity contribution < 1.29 is 14.0 Å². The zero-order chi connectivity index (χ0) is 21.6. The molecule has 0 bridgehead atoms. The first kappa shape index (κ1) is 19.9. The fourth-order valence-electron chi connectivity index (χ4n) is 3.01. The second-order valence-corrected chi connectivity index (χ2v) is 6.60. The van der Waals surface area contributed by atoms with Crippen molar-refractivity contribution in [1.82, 2.24) is 9.97 Å². The van der Waals surface area contributed by atoms with Gasteiger partial charge in [0.1, 0.15) is 11.5 Å². The summed E-state index contributed by atoms with van der Waals surface area (Å²) in [5.74, 6) is -1.50. The summed E-state index contributed by atoms with van der Waals surface area (Å²) in [4.78, 5) is 33.2. The van der Waals surface area contributed by atoms with Gasteiger partial charge in [-0.3, -0.25) is 19.6 Å². The number of hydrogen-bond acceptors (Lipinski definition) is 4. The standard InChI is InChI=1S/C24H17FN4O2/c25-18-10-11-19(29-24(31)20-8-1-2-13-26-20)21(15-18)28-22(30)12-9-17-6-3-5-16-7-4-14-27-23(16)17/h1-15H,(H,28,30)(H,29,31)/b12-9+. The summed E-state index contributed by atoms with van der Waals surface area (Å²) in [6.45, 7) is 0. The van der Waals surface area contributed by atoms with Gasteiger partial charge >= 0.3 is 0 Å². The zero-order valence-electron chi connectivity index (χ0n) is 16.2. The third-order valence-electron chi connectivity index (χ3n) is 4.46. The third-order valence-corrected chi connectivity index (χ3v) is 4.46. The van der Waals surface area contributed by atoms with Crippen molar-refractivity contribution in [2.24, 2.45) is 0 Å². The molecule has 0 radical (unpaired) electrons. The van der Waals surface area contributed by atoms with Crippen LogP contribution in [0.15, 0.2) is 85.2 Å². The van der Waals surface area contributed by atoms with E-state index >= 15 is 0 Å². The highest BCUT2D eigenvalue weighted by molar-refractivity contribution is 6.08. The molecule has 0 fully saturated rings. The van der Waals surface area contributed by atoms with E-state index in [1.54, 1.807) is 30.5 Å². The molecule has 2 heterocycles. The van der Waals surface area contributed by atoms with E-state index < -0.39 is 17.6 Å². The number of pyridine rings is 2. The third kappa shape index (κ3) is 4.79. The predicted octanol–water partition coefficient (Wildman–Crippen LogP) is 4.67. The van der Waals surface area contributed by atoms with Crippen molar-refractivity contribution >= 4 is 40.2 Å². The number of hydrogen-bond donors (Lipinski definition) is 2. The van der Waals surface area contributed by atoms with Crippen molar-refractivity contribution in [2.75, 3.05) is 10.6 Å². The van der Waals surface area contributed by atoms with Crippen molar-refractivity contribution in [3.8, 4) is 0 Å². The van der Waals surface area contributed by atoms with Crippen LogP contribution in [-0.4, -0.2) is 21.8 Å². The number of nitrogens with zero attached hydrogens (tertiary/aromatic N) is 2. The number of halogens is 1. The Morgan fingerprint density at radius 3 is 2.52 bits per heavy atom. The minimum Gasteiger partial charge on any atom is -0.321 e. The summed E-state index contributed by atoms with van der Waals surface area (Å²) in [5.41, 5.74) is 2.13. The average molecular weight is 412 g/mol. The van der Waals surface area contributed by atoms with Gasteiger partial charge in [-0.2, -0.15) is 0 Å². The van der Waals surface area contributed by atoms with Crippen LogP contribution in [0.3, 0.4) is 0 Å². The molecular weight excluding hydrogens is 395 g/mol. The Hall–Kier alpha value is -4.39. The van der Waals surface area contributed by atoms with E-state index in [-0.39, 0.29) is 17.1 Å². The fourth-order valence-corrected chi connectivity index (χ4v) is 3.01. The first-order chi connectivity index (χ1) is 15.1. The maximum absolute atomic E-state index is 13.8. The molecule has 0 aliphatic carbocycles. The van der Waals surface area contributed by atoms with Crippen molar-refractivity contribution in [3.05, 3.63) is 102 Å². The number of aromatic nitrogens is 2. The van der Waals surface area contributed by atoms with Crippen LogP contribution in [0, 0.1) is 5.82 Å². The zero-order valence-corrected chi connectivity index (χ0v) is 16.2. The monoisotopic (exact) mass is 412 g/mol. The summed E-state index contributed by atoms with van der Waals surface area (Å²) < 4.78 is 13.8. The average Bonchev–Trinajstić information content (AvgIpc) is 2.80. The molecule has 152 valence electrons. The molecule has 0 aliphatic heterocycles. The van der Waals surface area contributed by atoms with Gasteiger partial charge in [0.25, 0.3) is 5.91 Å². The van der Waals surface area contributed by atoms with Gasteiger partial charge in [-0.25, -0.2) is 4.39 Å². The van der Waals surface area contributed by atoms with E-state index in [0.29, 0.717) is 0 Å². The largest absolute Gasteiger partial charge is 0.321 e. The predicted molar refractivity (Wildman–Crippen MR) is 118 cm³/mol. The number of amides is 2. The molecule has 0 saturated carbocycles. The Morgan fingerprint density at radius 2 is 1.68 bits per heavy atom. The highest BCUT2D eigenvalue weighted by Crippen LogP contribution is 2.24. The topological polar surface area (TPSA) is 84.0 Å². The Kier molecular flexibility index (Phi) is 5.75. The van der Waals surface area contributed by atoms with Crippen molar-refractivity contribution in [3.63, 3.8) is 0 Å². The Labute approximate surface area is 177 Å². The van der Waals surface area contributed by atoms with Gasteiger partial charge < -0.3 is 10.6 Å². The first-order valence-electron chi connectivity index (χ1n) is 9.45. The summed E-state index contributed by atoms with van der Waals surface area (Å²) in [7, 11) is 0. The second kappa shape index (κ2) is 8.96. The molecule has 6 nitrogen and oxygen atoms in total. The number of anilines is 2. The minimum atomic E-state index is -0.548. The van der Waals surface area contributed by atoms with E-state index in [4.69, 9.17) is 0 Å². The number of rotatable bonds is 5. The van der Waals surface area contributed by atoms with Crippen LogP contribution in [0.2, 0.25) is 0 Å². The Bertz CT molecular complexity index is 1280. The maximum Gasteiger partial charge on any atom is 0.274 e. The molecule has 31 heavy (non-hydrogen) atoms. The molecule has 4 aromatic rings. The SMILES string of the molecule is O=C(/C=C/c1cccc2cccnc12)Nc1cc(F)ccc1NC(=O)c1ccccn1. The summed E-state index contributed by atoms with van der Waals surface area (Å²) in [6, 6.07) is 18.1. The molecule has 2 aromatic heterocycles. The van der Waals surface area contributed by atoms with Gasteiger partial charge in [0, 0.05) is 29.4 Å². The summed E-state index contributed by atoms with van der Waals surface area (Å²) in [6.07, 6.45) is 6.15. The van der Waals surface area contributed by atoms with Crippen molar-refractivity contribution in [1.29, 1.82) is 0 Å². The fraction of sp³-hybridized carbons (Fsp3) is 0. The smallest absolute Gasteiger partial charge is 0.274 e. The number of nitrogens with one attached hydrogen (secondary N) is 2. The molecule has 2 aromatic carbocycles. The van der Waals surface area contributed by atoms with Gasteiger partial charge in [-0.15, -0.1) is 0 Å². The number of fused-ring (bicyclic) bond motifs is 1. The van der Waals surface area contributed by atoms with Crippen LogP contribution >= 0.6 is 0 Å². The molecule has 2 amide bonds. The van der Waals surface area contributed by atoms with Crippen LogP contribution in [-0.2, 0) is 4.79 Å². The lowest BCUT2D eigenvalue weighted by atomic mass is 10.1. The summed E-state index contributed by atoms with van der Waals surface area (Å²) >= 11 is 0. The van der Waals surface area contributed by atoms with Gasteiger partial charge in [-0.1, -0.05) is 30.3 Å². The van der Waals surface area contributed by atoms with Crippen LogP contribution in [0.1, 0.15) is 16.1 Å². The molecule has 4 rings (SSSR count). The number of para-hydroxylation sites is 1. The lowest BCUT2D eigenvalue weighted by molar-refractivity contribution is -0.111. The second-order valence-electron chi connectivity index (χ2n) is 6.60. The van der Waals surface area contributed by atoms with E-state index in [0.717, 1.165) is 22.5 Å². The maximum atomic E-state index is 13.8. The number of carbonyl (C=O) groups is 2. The van der Waals surface area contributed by atoms with Crippen LogP contribution < -0.4 is 10.6 Å². The highest BCUT2D eigenvalue weighted by atomic mass is 19.1. The van der Waals surface area contributed by atoms with Crippen LogP contribution in [0.5, 0.6) is 0 Å². The van der Waals surface area contributed by atoms with Crippen LogP contribution in [0.25, 0.3) is 17.0 Å². The lowest BCUT2D eigenvalue weighted by Crippen LogP contribution is -2.16. The molecule has 0 spiro atoms. The molecular formula is C24H17FN4O2. The minimum absolute atomic E-state index is 0.134. The highest BCUT2D eigenvalue weighted by Gasteiger charge is 2.12. The van der Waals surface area contributed by atoms with Gasteiger partial charge in [0.15, 0.2) is 0 Å². The molecule has 2 N–H and O–H groups in total. The molecule has 0 aliphatic rings. The van der Waals surface area contributed by atoms with Crippen LogP contribution in [0.4, 0.5) is 15.8 Å². The van der Waals surface area contributed by atoms with Gasteiger partial charge in [0.05, 0.1) is 16.9 Å². The van der Waals surface area contributed by atoms with E-state index in [2.05, 4.69) is 20.6 Å². The molecule has 0 unspecified atom stereocenters. The molecule has 0 saturated heterocycles. The first-order valence-corrected chi connectivity index (χ1v) is 9.45. The van der Waals surface area contributed by atoms with Gasteiger partial charge in [-0.05, 0) is 42.5 Å². The number of carbonyl (C=O) groups excluding carboxylic acids is 2. The quantitative estimate of drug-likeness (QED) is 0.467. The lowest BCUT2D eigenvalue weighted by Gasteiger charge is -2.11.